The van der Waals surface area contributed by atoms with Gasteiger partial charge in [0.05, 0.1) is 5.69 Å². The van der Waals surface area contributed by atoms with E-state index in [1.54, 1.807) is 13.8 Å². The highest BCUT2D eigenvalue weighted by Gasteiger charge is 2.17. The van der Waals surface area contributed by atoms with Crippen LogP contribution in [-0.2, 0) is 0 Å². The van der Waals surface area contributed by atoms with Crippen LogP contribution in [0.1, 0.15) is 11.5 Å². The van der Waals surface area contributed by atoms with Gasteiger partial charge in [0.1, 0.15) is 5.76 Å². The van der Waals surface area contributed by atoms with E-state index in [1.165, 1.54) is 4.90 Å². The Kier molecular flexibility index (Phi) is 3.08. The molecule has 0 aromatic carbocycles. The molecule has 1 aromatic heterocycles. The number of carbonyl (C=O) groups is 1. The number of carbonyl (C=O) groups excluding carboxylic acids is 1. The van der Waals surface area contributed by atoms with Gasteiger partial charge in [-0.25, -0.2) is 9.69 Å². The first-order chi connectivity index (χ1) is 6.56. The van der Waals surface area contributed by atoms with Gasteiger partial charge in [0.2, 0.25) is 0 Å². The van der Waals surface area contributed by atoms with Crippen molar-refractivity contribution in [2.45, 2.75) is 13.8 Å². The van der Waals surface area contributed by atoms with Gasteiger partial charge in [0, 0.05) is 13.1 Å². The molecule has 0 unspecified atom stereocenters. The summed E-state index contributed by atoms with van der Waals surface area (Å²) in [4.78, 5) is 16.3. The lowest BCUT2D eigenvalue weighted by Gasteiger charge is -2.13. The number of nitrogens with two attached hydrogens (primary N) is 2. The summed E-state index contributed by atoms with van der Waals surface area (Å²) >= 11 is 0. The number of hydrogen-bond acceptors (Lipinski definition) is 4. The van der Waals surface area contributed by atoms with Crippen molar-refractivity contribution in [3.63, 3.8) is 0 Å². The van der Waals surface area contributed by atoms with E-state index < -0.39 is 6.03 Å². The topological polar surface area (TPSA) is 98.4 Å². The molecule has 6 heteroatoms. The van der Waals surface area contributed by atoms with Crippen molar-refractivity contribution in [1.82, 2.24) is 4.98 Å². The SMILES string of the molecule is Cc1nc(N(CCN)C(N)=O)oc1C. The molecule has 14 heavy (non-hydrogen) atoms. The Labute approximate surface area is 81.9 Å². The number of nitrogens with zero attached hydrogens (tertiary/aromatic N) is 2. The second-order valence-electron chi connectivity index (χ2n) is 2.92. The molecule has 0 saturated carbocycles. The number of amides is 2. The van der Waals surface area contributed by atoms with E-state index in [9.17, 15) is 4.79 Å². The molecule has 1 rings (SSSR count). The Morgan fingerprint density at radius 2 is 2.21 bits per heavy atom. The standard InChI is InChI=1S/C8H14N4O2/c1-5-6(2)14-8(11-5)12(4-3-9)7(10)13/h3-4,9H2,1-2H3,(H2,10,13). The van der Waals surface area contributed by atoms with Crippen LogP contribution in [0.3, 0.4) is 0 Å². The molecule has 6 nitrogen and oxygen atoms in total. The molecule has 4 N–H and O–H groups in total. The Hall–Kier alpha value is -1.56. The highest BCUT2D eigenvalue weighted by Crippen LogP contribution is 2.16. The number of hydrogen-bond donors (Lipinski definition) is 2. The molecular weight excluding hydrogens is 184 g/mol. The molecule has 0 atom stereocenters. The molecular formula is C8H14N4O2. The summed E-state index contributed by atoms with van der Waals surface area (Å²) in [6.07, 6.45) is 0. The maximum absolute atomic E-state index is 11.0. The average Bonchev–Trinajstić information content (AvgIpc) is 2.42. The van der Waals surface area contributed by atoms with Gasteiger partial charge >= 0.3 is 12.0 Å². The van der Waals surface area contributed by atoms with Gasteiger partial charge in [0.15, 0.2) is 0 Å². The fourth-order valence-electron chi connectivity index (χ4n) is 1.00. The lowest BCUT2D eigenvalue weighted by atomic mass is 10.4. The molecule has 0 bridgehead atoms. The van der Waals surface area contributed by atoms with Crippen LogP contribution < -0.4 is 16.4 Å². The van der Waals surface area contributed by atoms with Crippen molar-refractivity contribution in [1.29, 1.82) is 0 Å². The molecule has 0 aliphatic rings. The van der Waals surface area contributed by atoms with Crippen LogP contribution in [0.5, 0.6) is 0 Å². The van der Waals surface area contributed by atoms with Crippen molar-refractivity contribution in [2.75, 3.05) is 18.0 Å². The molecule has 0 saturated heterocycles. The van der Waals surface area contributed by atoms with E-state index >= 15 is 0 Å². The average molecular weight is 198 g/mol. The Balaban J connectivity index is 2.93. The number of aromatic nitrogens is 1. The maximum atomic E-state index is 11.0. The summed E-state index contributed by atoms with van der Waals surface area (Å²) in [5.74, 6) is 0.670. The number of rotatable bonds is 3. The molecule has 0 aliphatic heterocycles. The minimum atomic E-state index is -0.614. The molecule has 0 fully saturated rings. The van der Waals surface area contributed by atoms with Gasteiger partial charge in [-0.15, -0.1) is 0 Å². The van der Waals surface area contributed by atoms with Gasteiger partial charge in [-0.05, 0) is 13.8 Å². The number of primary amides is 1. The van der Waals surface area contributed by atoms with Crippen molar-refractivity contribution in [3.05, 3.63) is 11.5 Å². The van der Waals surface area contributed by atoms with Gasteiger partial charge in [0.25, 0.3) is 0 Å². The Morgan fingerprint density at radius 1 is 1.57 bits per heavy atom. The fourth-order valence-corrected chi connectivity index (χ4v) is 1.00. The van der Waals surface area contributed by atoms with Crippen molar-refractivity contribution in [3.8, 4) is 0 Å². The minimum absolute atomic E-state index is 0.206. The summed E-state index contributed by atoms with van der Waals surface area (Å²) in [7, 11) is 0. The lowest BCUT2D eigenvalue weighted by molar-refractivity contribution is 0.252. The van der Waals surface area contributed by atoms with Crippen LogP contribution in [0.15, 0.2) is 4.42 Å². The van der Waals surface area contributed by atoms with Crippen molar-refractivity contribution >= 4 is 12.0 Å². The van der Waals surface area contributed by atoms with E-state index in [0.717, 1.165) is 5.69 Å². The van der Waals surface area contributed by atoms with E-state index in [2.05, 4.69) is 4.98 Å². The predicted octanol–water partition coefficient (Wildman–Crippen LogP) is 0.135. The minimum Gasteiger partial charge on any atom is -0.428 e. The number of oxazole rings is 1. The molecule has 0 aliphatic carbocycles. The summed E-state index contributed by atoms with van der Waals surface area (Å²) in [5, 5.41) is 0. The van der Waals surface area contributed by atoms with Gasteiger partial charge in [-0.1, -0.05) is 0 Å². The summed E-state index contributed by atoms with van der Waals surface area (Å²) in [5.41, 5.74) is 11.2. The second-order valence-corrected chi connectivity index (χ2v) is 2.92. The van der Waals surface area contributed by atoms with Crippen LogP contribution >= 0.6 is 0 Å². The van der Waals surface area contributed by atoms with Crippen molar-refractivity contribution in [2.24, 2.45) is 11.5 Å². The zero-order valence-corrected chi connectivity index (χ0v) is 8.28. The fraction of sp³-hybridized carbons (Fsp3) is 0.500. The summed E-state index contributed by atoms with van der Waals surface area (Å²) in [6.45, 7) is 4.18. The lowest BCUT2D eigenvalue weighted by Crippen LogP contribution is -2.39. The highest BCUT2D eigenvalue weighted by molar-refractivity contribution is 5.88. The summed E-state index contributed by atoms with van der Waals surface area (Å²) in [6, 6.07) is -0.408. The molecule has 0 radical (unpaired) electrons. The van der Waals surface area contributed by atoms with E-state index in [0.29, 0.717) is 18.8 Å². The van der Waals surface area contributed by atoms with Gasteiger partial charge in [-0.3, -0.25) is 0 Å². The van der Waals surface area contributed by atoms with E-state index in [-0.39, 0.29) is 6.01 Å². The maximum Gasteiger partial charge on any atom is 0.322 e. The molecule has 78 valence electrons. The normalized spacial score (nSPS) is 10.2. The van der Waals surface area contributed by atoms with Crippen molar-refractivity contribution < 1.29 is 9.21 Å². The second kappa shape index (κ2) is 4.10. The Morgan fingerprint density at radius 3 is 2.57 bits per heavy atom. The largest absolute Gasteiger partial charge is 0.428 e. The number of aryl methyl sites for hydroxylation is 2. The third-order valence-electron chi connectivity index (χ3n) is 1.87. The first-order valence-corrected chi connectivity index (χ1v) is 4.27. The smallest absolute Gasteiger partial charge is 0.322 e. The first kappa shape index (κ1) is 10.5. The van der Waals surface area contributed by atoms with Gasteiger partial charge < -0.3 is 15.9 Å². The van der Waals surface area contributed by atoms with Crippen LogP contribution in [0.25, 0.3) is 0 Å². The predicted molar refractivity (Wildman–Crippen MR) is 52.0 cm³/mol. The van der Waals surface area contributed by atoms with E-state index in [1.807, 2.05) is 0 Å². The monoisotopic (exact) mass is 198 g/mol. The molecule has 0 spiro atoms. The zero-order chi connectivity index (χ0) is 10.7. The molecule has 1 aromatic rings. The zero-order valence-electron chi connectivity index (χ0n) is 8.28. The first-order valence-electron chi connectivity index (χ1n) is 4.27. The number of urea groups is 1. The molecule has 1 heterocycles. The third kappa shape index (κ3) is 2.02. The number of anilines is 1. The van der Waals surface area contributed by atoms with Crippen LogP contribution in [0.2, 0.25) is 0 Å². The van der Waals surface area contributed by atoms with Crippen LogP contribution in [0.4, 0.5) is 10.8 Å². The Bertz CT molecular complexity index is 315. The molecule has 2 amide bonds. The van der Waals surface area contributed by atoms with Crippen LogP contribution in [-0.4, -0.2) is 24.1 Å². The summed E-state index contributed by atoms with van der Waals surface area (Å²) < 4.78 is 5.25. The van der Waals surface area contributed by atoms with Crippen LogP contribution in [0, 0.1) is 13.8 Å². The third-order valence-corrected chi connectivity index (χ3v) is 1.87. The van der Waals surface area contributed by atoms with Gasteiger partial charge in [-0.2, -0.15) is 4.98 Å². The van der Waals surface area contributed by atoms with E-state index in [4.69, 9.17) is 15.9 Å². The quantitative estimate of drug-likeness (QED) is 0.721. The highest BCUT2D eigenvalue weighted by atomic mass is 16.4.